The smallest absolute Gasteiger partial charge is 0.253 e. The van der Waals surface area contributed by atoms with Crippen molar-refractivity contribution in [1.29, 1.82) is 0 Å². The van der Waals surface area contributed by atoms with Gasteiger partial charge in [-0.3, -0.25) is 4.79 Å². The Morgan fingerprint density at radius 3 is 2.55 bits per heavy atom. The lowest BCUT2D eigenvalue weighted by atomic mass is 10.1. The van der Waals surface area contributed by atoms with Crippen LogP contribution in [0, 0.1) is 18.8 Å². The minimum absolute atomic E-state index is 0.0281. The van der Waals surface area contributed by atoms with Crippen LogP contribution in [-0.2, 0) is 10.0 Å². The molecule has 6 heteroatoms. The first kappa shape index (κ1) is 15.0. The molecule has 2 unspecified atom stereocenters. The number of carbonyl (C=O) groups excluding carboxylic acids is 1. The van der Waals surface area contributed by atoms with Crippen LogP contribution in [0.1, 0.15) is 29.3 Å². The highest BCUT2D eigenvalue weighted by Gasteiger charge is 2.34. The van der Waals surface area contributed by atoms with Gasteiger partial charge in [0.25, 0.3) is 5.91 Å². The second-order valence-electron chi connectivity index (χ2n) is 5.68. The summed E-state index contributed by atoms with van der Waals surface area (Å²) in [6, 6.07) is 4.39. The molecule has 1 fully saturated rings. The van der Waals surface area contributed by atoms with E-state index in [0.717, 1.165) is 12.0 Å². The second-order valence-corrected chi connectivity index (χ2v) is 7.24. The molecule has 1 saturated carbocycles. The van der Waals surface area contributed by atoms with Crippen LogP contribution < -0.4 is 5.14 Å². The quantitative estimate of drug-likeness (QED) is 0.911. The lowest BCUT2D eigenvalue weighted by molar-refractivity contribution is 0.0786. The lowest BCUT2D eigenvalue weighted by Gasteiger charge is -2.18. The number of carbonyl (C=O) groups is 1. The van der Waals surface area contributed by atoms with E-state index in [0.29, 0.717) is 23.9 Å². The number of primary sulfonamides is 1. The number of nitrogens with two attached hydrogens (primary N) is 1. The normalized spacial score (nSPS) is 21.6. The van der Waals surface area contributed by atoms with Gasteiger partial charge in [-0.2, -0.15) is 0 Å². The second kappa shape index (κ2) is 5.18. The highest BCUT2D eigenvalue weighted by molar-refractivity contribution is 7.89. The highest BCUT2D eigenvalue weighted by Crippen LogP contribution is 2.38. The number of amides is 1. The molecular weight excluding hydrogens is 276 g/mol. The summed E-state index contributed by atoms with van der Waals surface area (Å²) in [5.74, 6) is 1.07. The molecule has 110 valence electrons. The summed E-state index contributed by atoms with van der Waals surface area (Å²) < 4.78 is 22.7. The number of aryl methyl sites for hydroxylation is 1. The van der Waals surface area contributed by atoms with Gasteiger partial charge in [-0.05, 0) is 42.9 Å². The molecule has 20 heavy (non-hydrogen) atoms. The molecule has 0 saturated heterocycles. The predicted molar refractivity (Wildman–Crippen MR) is 76.8 cm³/mol. The average molecular weight is 296 g/mol. The van der Waals surface area contributed by atoms with Crippen molar-refractivity contribution < 1.29 is 13.2 Å². The molecule has 5 nitrogen and oxygen atoms in total. The van der Waals surface area contributed by atoms with Crippen LogP contribution in [0.2, 0.25) is 0 Å². The average Bonchev–Trinajstić information content (AvgIpc) is 3.03. The van der Waals surface area contributed by atoms with Gasteiger partial charge in [-0.1, -0.05) is 13.0 Å². The van der Waals surface area contributed by atoms with Crippen LogP contribution in [0.4, 0.5) is 0 Å². The fraction of sp³-hybridized carbons (Fsp3) is 0.500. The van der Waals surface area contributed by atoms with Gasteiger partial charge >= 0.3 is 0 Å². The fourth-order valence-electron chi connectivity index (χ4n) is 2.30. The molecule has 0 spiro atoms. The van der Waals surface area contributed by atoms with Gasteiger partial charge in [0.1, 0.15) is 0 Å². The van der Waals surface area contributed by atoms with Crippen molar-refractivity contribution in [2.24, 2.45) is 17.0 Å². The number of sulfonamides is 1. The van der Waals surface area contributed by atoms with Gasteiger partial charge < -0.3 is 4.90 Å². The summed E-state index contributed by atoms with van der Waals surface area (Å²) in [6.45, 7) is 4.66. The zero-order valence-electron chi connectivity index (χ0n) is 12.0. The van der Waals surface area contributed by atoms with Crippen LogP contribution >= 0.6 is 0 Å². The van der Waals surface area contributed by atoms with Crippen LogP contribution in [0.25, 0.3) is 0 Å². The van der Waals surface area contributed by atoms with Crippen molar-refractivity contribution in [2.45, 2.75) is 25.2 Å². The summed E-state index contributed by atoms with van der Waals surface area (Å²) in [6.07, 6.45) is 1.15. The van der Waals surface area contributed by atoms with Crippen LogP contribution in [0.5, 0.6) is 0 Å². The number of hydrogen-bond donors (Lipinski definition) is 1. The Bertz CT molecular complexity index is 640. The van der Waals surface area contributed by atoms with E-state index < -0.39 is 10.0 Å². The van der Waals surface area contributed by atoms with Crippen LogP contribution in [0.3, 0.4) is 0 Å². The van der Waals surface area contributed by atoms with Gasteiger partial charge in [-0.15, -0.1) is 0 Å². The summed E-state index contributed by atoms with van der Waals surface area (Å²) in [4.78, 5) is 14.0. The maximum atomic E-state index is 12.4. The topological polar surface area (TPSA) is 80.5 Å². The van der Waals surface area contributed by atoms with Crippen molar-refractivity contribution in [3.05, 3.63) is 29.3 Å². The zero-order chi connectivity index (χ0) is 15.1. The Morgan fingerprint density at radius 1 is 1.45 bits per heavy atom. The molecule has 1 aromatic carbocycles. The number of benzene rings is 1. The molecule has 1 aliphatic carbocycles. The maximum Gasteiger partial charge on any atom is 0.253 e. The number of rotatable bonds is 4. The third kappa shape index (κ3) is 3.19. The first-order valence-electron chi connectivity index (χ1n) is 6.59. The molecule has 1 aromatic rings. The molecule has 2 rings (SSSR count). The molecule has 2 atom stereocenters. The van der Waals surface area contributed by atoms with E-state index in [4.69, 9.17) is 5.14 Å². The summed E-state index contributed by atoms with van der Waals surface area (Å²) >= 11 is 0. The molecule has 0 aliphatic heterocycles. The zero-order valence-corrected chi connectivity index (χ0v) is 12.8. The van der Waals surface area contributed by atoms with Gasteiger partial charge in [0.2, 0.25) is 10.0 Å². The monoisotopic (exact) mass is 296 g/mol. The Morgan fingerprint density at radius 2 is 2.05 bits per heavy atom. The third-order valence-corrected chi connectivity index (χ3v) is 4.81. The van der Waals surface area contributed by atoms with Crippen molar-refractivity contribution in [3.8, 4) is 0 Å². The molecule has 1 amide bonds. The van der Waals surface area contributed by atoms with Gasteiger partial charge in [0.15, 0.2) is 0 Å². The molecule has 0 radical (unpaired) electrons. The van der Waals surface area contributed by atoms with Crippen LogP contribution in [0.15, 0.2) is 23.1 Å². The Labute approximate surface area is 119 Å². The Kier molecular flexibility index (Phi) is 3.88. The van der Waals surface area contributed by atoms with E-state index in [2.05, 4.69) is 6.92 Å². The van der Waals surface area contributed by atoms with Gasteiger partial charge in [-0.25, -0.2) is 13.6 Å². The van der Waals surface area contributed by atoms with Crippen molar-refractivity contribution >= 4 is 15.9 Å². The summed E-state index contributed by atoms with van der Waals surface area (Å²) in [7, 11) is -2.05. The first-order chi connectivity index (χ1) is 9.20. The number of hydrogen-bond acceptors (Lipinski definition) is 3. The van der Waals surface area contributed by atoms with Crippen LogP contribution in [-0.4, -0.2) is 32.8 Å². The van der Waals surface area contributed by atoms with E-state index in [1.165, 1.54) is 12.1 Å². The molecule has 0 heterocycles. The van der Waals surface area contributed by atoms with Crippen molar-refractivity contribution in [3.63, 3.8) is 0 Å². The molecule has 0 bridgehead atoms. The minimum atomic E-state index is -3.79. The standard InChI is InChI=1S/C14H20N2O3S/c1-9-4-5-12(20(15,18)19)7-13(9)14(17)16(3)8-11-6-10(11)2/h4-5,7,10-11H,6,8H2,1-3H3,(H2,15,18,19). The third-order valence-electron chi connectivity index (χ3n) is 3.90. The van der Waals surface area contributed by atoms with Gasteiger partial charge in [0.05, 0.1) is 4.90 Å². The molecule has 0 aromatic heterocycles. The Balaban J connectivity index is 2.24. The summed E-state index contributed by atoms with van der Waals surface area (Å²) in [5.41, 5.74) is 1.14. The van der Waals surface area contributed by atoms with Crippen molar-refractivity contribution in [1.82, 2.24) is 4.90 Å². The van der Waals surface area contributed by atoms with E-state index in [9.17, 15) is 13.2 Å². The largest absolute Gasteiger partial charge is 0.341 e. The highest BCUT2D eigenvalue weighted by atomic mass is 32.2. The van der Waals surface area contributed by atoms with E-state index >= 15 is 0 Å². The summed E-state index contributed by atoms with van der Waals surface area (Å²) in [5, 5.41) is 5.11. The van der Waals surface area contributed by atoms with E-state index in [1.807, 2.05) is 0 Å². The lowest BCUT2D eigenvalue weighted by Crippen LogP contribution is -2.30. The first-order valence-corrected chi connectivity index (χ1v) is 8.13. The maximum absolute atomic E-state index is 12.4. The molecule has 2 N–H and O–H groups in total. The molecule has 1 aliphatic rings. The Hall–Kier alpha value is -1.40. The number of nitrogens with zero attached hydrogens (tertiary/aromatic N) is 1. The minimum Gasteiger partial charge on any atom is -0.341 e. The molecular formula is C14H20N2O3S. The van der Waals surface area contributed by atoms with Gasteiger partial charge in [0, 0.05) is 19.2 Å². The van der Waals surface area contributed by atoms with E-state index in [1.54, 1.807) is 24.9 Å². The SMILES string of the molecule is Cc1ccc(S(N)(=O)=O)cc1C(=O)N(C)CC1CC1C. The van der Waals surface area contributed by atoms with E-state index in [-0.39, 0.29) is 10.8 Å². The van der Waals surface area contributed by atoms with Crippen molar-refractivity contribution in [2.75, 3.05) is 13.6 Å². The predicted octanol–water partition coefficient (Wildman–Crippen LogP) is 1.37. The fourth-order valence-corrected chi connectivity index (χ4v) is 2.84.